The molecule has 0 radical (unpaired) electrons. The maximum atomic E-state index is 13.8. The number of rotatable bonds is 4. The van der Waals surface area contributed by atoms with Crippen LogP contribution >= 0.6 is 11.3 Å². The molecule has 0 unspecified atom stereocenters. The van der Waals surface area contributed by atoms with Crippen LogP contribution in [0, 0.1) is 0 Å². The van der Waals surface area contributed by atoms with E-state index in [2.05, 4.69) is 14.7 Å². The number of para-hydroxylation sites is 1. The third-order valence-electron chi connectivity index (χ3n) is 5.89. The molecular formula is C26H18N4O4S2. The number of nitrogens with one attached hydrogen (secondary N) is 1. The van der Waals surface area contributed by atoms with Crippen LogP contribution in [-0.2, 0) is 16.6 Å². The number of aromatic hydroxyl groups is 1. The van der Waals surface area contributed by atoms with Gasteiger partial charge >= 0.3 is 0 Å². The molecule has 2 aromatic carbocycles. The maximum absolute atomic E-state index is 13.8. The Hall–Kier alpha value is -4.28. The zero-order valence-electron chi connectivity index (χ0n) is 18.6. The van der Waals surface area contributed by atoms with Gasteiger partial charge in [0.2, 0.25) is 0 Å². The molecule has 0 aliphatic carbocycles. The summed E-state index contributed by atoms with van der Waals surface area (Å²) in [6.45, 7) is 0.188. The smallest absolute Gasteiger partial charge is 0.286 e. The van der Waals surface area contributed by atoms with Crippen molar-refractivity contribution in [2.24, 2.45) is 4.40 Å². The van der Waals surface area contributed by atoms with Crippen molar-refractivity contribution in [1.29, 1.82) is 0 Å². The molecule has 0 atom stereocenters. The van der Waals surface area contributed by atoms with Gasteiger partial charge < -0.3 is 10.4 Å². The molecule has 0 fully saturated rings. The van der Waals surface area contributed by atoms with E-state index in [-0.39, 0.29) is 39.9 Å². The van der Waals surface area contributed by atoms with E-state index in [4.69, 9.17) is 0 Å². The highest BCUT2D eigenvalue weighted by Crippen LogP contribution is 2.33. The standard InChI is InChI=1S/C26H18N4O4S2/c31-23-18-9-6-14-27-25(18)30(15-17-12-13-20(35-17)16-7-2-1-3-8-16)26(32)22(23)24-28-19-10-4-5-11-21(19)36(33,34)29-24/h1-14,31H,15H2,(H,28,29). The van der Waals surface area contributed by atoms with E-state index in [1.807, 2.05) is 42.5 Å². The molecule has 8 nitrogen and oxygen atoms in total. The largest absolute Gasteiger partial charge is 0.506 e. The number of nitrogens with zero attached hydrogens (tertiary/aromatic N) is 3. The first kappa shape index (κ1) is 22.2. The predicted molar refractivity (Wildman–Crippen MR) is 140 cm³/mol. The molecule has 10 heteroatoms. The number of hydrogen-bond acceptors (Lipinski definition) is 7. The third-order valence-corrected chi connectivity index (χ3v) is 8.35. The molecule has 5 aromatic rings. The van der Waals surface area contributed by atoms with E-state index in [9.17, 15) is 18.3 Å². The molecule has 0 bridgehead atoms. The Kier molecular flexibility index (Phi) is 5.20. The van der Waals surface area contributed by atoms with Gasteiger partial charge in [0.25, 0.3) is 15.6 Å². The lowest BCUT2D eigenvalue weighted by molar-refractivity contribution is 0.477. The highest BCUT2D eigenvalue weighted by atomic mass is 32.2. The first-order valence-corrected chi connectivity index (χ1v) is 13.2. The van der Waals surface area contributed by atoms with Gasteiger partial charge in [0.1, 0.15) is 21.9 Å². The SMILES string of the molecule is O=c1c(C2=NS(=O)(=O)c3ccccc3N2)c(O)c2cccnc2n1Cc1ccc(-c2ccccc2)s1. The lowest BCUT2D eigenvalue weighted by Crippen LogP contribution is -2.33. The topological polar surface area (TPSA) is 114 Å². The predicted octanol–water partition coefficient (Wildman–Crippen LogP) is 4.44. The lowest BCUT2D eigenvalue weighted by atomic mass is 10.1. The minimum Gasteiger partial charge on any atom is -0.506 e. The van der Waals surface area contributed by atoms with Crippen molar-refractivity contribution < 1.29 is 13.5 Å². The van der Waals surface area contributed by atoms with Crippen LogP contribution in [0.2, 0.25) is 0 Å². The van der Waals surface area contributed by atoms with Gasteiger partial charge in [-0.25, -0.2) is 4.98 Å². The van der Waals surface area contributed by atoms with Crippen LogP contribution in [0.5, 0.6) is 5.75 Å². The van der Waals surface area contributed by atoms with Crippen LogP contribution in [-0.4, -0.2) is 28.9 Å². The van der Waals surface area contributed by atoms with Crippen LogP contribution in [0.3, 0.4) is 0 Å². The fourth-order valence-corrected chi connectivity index (χ4v) is 6.35. The number of pyridine rings is 2. The van der Waals surface area contributed by atoms with Gasteiger partial charge in [-0.15, -0.1) is 15.7 Å². The molecule has 1 aliphatic rings. The van der Waals surface area contributed by atoms with Gasteiger partial charge in [0.05, 0.1) is 17.6 Å². The second kappa shape index (κ2) is 8.43. The Morgan fingerprint density at radius 3 is 2.56 bits per heavy atom. The number of amidine groups is 1. The Bertz CT molecular complexity index is 1840. The fourth-order valence-electron chi connectivity index (χ4n) is 4.22. The number of aromatic nitrogens is 2. The molecule has 6 rings (SSSR count). The lowest BCUT2D eigenvalue weighted by Gasteiger charge is -2.20. The third kappa shape index (κ3) is 3.67. The van der Waals surface area contributed by atoms with Crippen molar-refractivity contribution in [3.8, 4) is 16.2 Å². The second-order valence-corrected chi connectivity index (χ2v) is 10.9. The number of fused-ring (bicyclic) bond motifs is 2. The fraction of sp³-hybridized carbons (Fsp3) is 0.0385. The van der Waals surface area contributed by atoms with Crippen LogP contribution in [0.1, 0.15) is 10.4 Å². The molecular weight excluding hydrogens is 496 g/mol. The van der Waals surface area contributed by atoms with E-state index in [1.54, 1.807) is 41.7 Å². The maximum Gasteiger partial charge on any atom is 0.286 e. The number of benzene rings is 2. The van der Waals surface area contributed by atoms with Gasteiger partial charge in [-0.3, -0.25) is 9.36 Å². The summed E-state index contributed by atoms with van der Waals surface area (Å²) >= 11 is 1.54. The van der Waals surface area contributed by atoms with Crippen molar-refractivity contribution >= 4 is 43.9 Å². The zero-order chi connectivity index (χ0) is 24.9. The van der Waals surface area contributed by atoms with Gasteiger partial charge in [-0.2, -0.15) is 8.42 Å². The summed E-state index contributed by atoms with van der Waals surface area (Å²) in [6.07, 6.45) is 1.54. The number of hydrogen-bond donors (Lipinski definition) is 2. The average Bonchev–Trinajstić information content (AvgIpc) is 3.36. The van der Waals surface area contributed by atoms with E-state index in [0.29, 0.717) is 5.39 Å². The quantitative estimate of drug-likeness (QED) is 0.367. The molecule has 36 heavy (non-hydrogen) atoms. The summed E-state index contributed by atoms with van der Waals surface area (Å²) in [5, 5.41) is 14.3. The molecule has 2 N–H and O–H groups in total. The Balaban J connectivity index is 1.51. The summed E-state index contributed by atoms with van der Waals surface area (Å²) in [5.41, 5.74) is 0.811. The number of thiophene rings is 1. The highest BCUT2D eigenvalue weighted by Gasteiger charge is 2.30. The van der Waals surface area contributed by atoms with E-state index in [0.717, 1.165) is 15.3 Å². The van der Waals surface area contributed by atoms with Crippen molar-refractivity contribution in [1.82, 2.24) is 9.55 Å². The first-order chi connectivity index (χ1) is 17.4. The van der Waals surface area contributed by atoms with E-state index >= 15 is 0 Å². The van der Waals surface area contributed by atoms with Crippen molar-refractivity contribution in [2.45, 2.75) is 11.4 Å². The van der Waals surface area contributed by atoms with Crippen LogP contribution in [0.4, 0.5) is 5.69 Å². The molecule has 4 heterocycles. The monoisotopic (exact) mass is 514 g/mol. The minimum atomic E-state index is -4.07. The second-order valence-electron chi connectivity index (χ2n) is 8.16. The van der Waals surface area contributed by atoms with E-state index < -0.39 is 15.6 Å². The Morgan fingerprint density at radius 1 is 0.944 bits per heavy atom. The molecule has 1 aliphatic heterocycles. The van der Waals surface area contributed by atoms with Gasteiger partial charge in [-0.1, -0.05) is 42.5 Å². The Labute approximate surface area is 209 Å². The minimum absolute atomic E-state index is 0.00282. The summed E-state index contributed by atoms with van der Waals surface area (Å²) in [5.74, 6) is -0.608. The normalized spacial score (nSPS) is 14.2. The van der Waals surface area contributed by atoms with E-state index in [1.165, 1.54) is 16.8 Å². The van der Waals surface area contributed by atoms with Crippen LogP contribution < -0.4 is 10.9 Å². The van der Waals surface area contributed by atoms with Gasteiger partial charge in [0.15, 0.2) is 5.84 Å². The summed E-state index contributed by atoms with van der Waals surface area (Å²) in [7, 11) is -4.07. The molecule has 0 spiro atoms. The summed E-state index contributed by atoms with van der Waals surface area (Å²) in [6, 6.07) is 23.4. The Morgan fingerprint density at radius 2 is 1.72 bits per heavy atom. The molecule has 178 valence electrons. The van der Waals surface area contributed by atoms with Crippen molar-refractivity contribution in [2.75, 3.05) is 5.32 Å². The van der Waals surface area contributed by atoms with Gasteiger partial charge in [-0.05, 0) is 42.0 Å². The molecule has 0 amide bonds. The van der Waals surface area contributed by atoms with Crippen molar-refractivity contribution in [3.05, 3.63) is 106 Å². The summed E-state index contributed by atoms with van der Waals surface area (Å²) < 4.78 is 30.9. The van der Waals surface area contributed by atoms with Crippen molar-refractivity contribution in [3.63, 3.8) is 0 Å². The molecule has 0 saturated heterocycles. The number of anilines is 1. The zero-order valence-corrected chi connectivity index (χ0v) is 20.3. The van der Waals surface area contributed by atoms with Crippen LogP contribution in [0.25, 0.3) is 21.5 Å². The average molecular weight is 515 g/mol. The highest BCUT2D eigenvalue weighted by molar-refractivity contribution is 7.90. The molecule has 3 aromatic heterocycles. The first-order valence-electron chi connectivity index (χ1n) is 11.0. The number of sulfonamides is 1. The van der Waals surface area contributed by atoms with Gasteiger partial charge in [0, 0.05) is 16.0 Å². The molecule has 0 saturated carbocycles. The van der Waals surface area contributed by atoms with Crippen LogP contribution in [0.15, 0.2) is 99.1 Å². The summed E-state index contributed by atoms with van der Waals surface area (Å²) in [4.78, 5) is 20.1.